The number of para-hydroxylation sites is 1. The standard InChI is InChI=1S/C17H29FN2O/c1-5-19(6-2)12-9-13-20(7-3)17-15(14(4)21)10-8-11-16(17)18/h8,10-11,14,21H,5-7,9,12-13H2,1-4H3/t14-/m1/s1. The molecule has 0 saturated heterocycles. The molecule has 120 valence electrons. The van der Waals surface area contributed by atoms with Crippen molar-refractivity contribution in [3.05, 3.63) is 29.6 Å². The van der Waals surface area contributed by atoms with Crippen molar-refractivity contribution in [1.29, 1.82) is 0 Å². The average Bonchev–Trinajstić information content (AvgIpc) is 2.48. The summed E-state index contributed by atoms with van der Waals surface area (Å²) >= 11 is 0. The van der Waals surface area contributed by atoms with Gasteiger partial charge >= 0.3 is 0 Å². The number of benzene rings is 1. The second kappa shape index (κ2) is 9.00. The van der Waals surface area contributed by atoms with Gasteiger partial charge in [0.05, 0.1) is 11.8 Å². The third-order valence-electron chi connectivity index (χ3n) is 3.96. The van der Waals surface area contributed by atoms with Crippen molar-refractivity contribution in [3.8, 4) is 0 Å². The largest absolute Gasteiger partial charge is 0.389 e. The fraction of sp³-hybridized carbons (Fsp3) is 0.647. The first-order valence-corrected chi connectivity index (χ1v) is 7.98. The first kappa shape index (κ1) is 17.9. The predicted octanol–water partition coefficient (Wildman–Crippen LogP) is 3.44. The van der Waals surface area contributed by atoms with Crippen LogP contribution in [0.1, 0.15) is 45.8 Å². The molecule has 0 saturated carbocycles. The van der Waals surface area contributed by atoms with Crippen LogP contribution in [0.4, 0.5) is 10.1 Å². The molecule has 1 N–H and O–H groups in total. The van der Waals surface area contributed by atoms with E-state index in [1.165, 1.54) is 6.07 Å². The highest BCUT2D eigenvalue weighted by atomic mass is 19.1. The number of hydrogen-bond acceptors (Lipinski definition) is 3. The zero-order valence-corrected chi connectivity index (χ0v) is 13.8. The lowest BCUT2D eigenvalue weighted by molar-refractivity contribution is 0.199. The minimum Gasteiger partial charge on any atom is -0.389 e. The molecule has 21 heavy (non-hydrogen) atoms. The van der Waals surface area contributed by atoms with Gasteiger partial charge in [0.1, 0.15) is 5.82 Å². The Balaban J connectivity index is 2.81. The molecule has 1 aromatic rings. The molecule has 0 unspecified atom stereocenters. The lowest BCUT2D eigenvalue weighted by atomic mass is 10.1. The van der Waals surface area contributed by atoms with Crippen LogP contribution in [0.15, 0.2) is 18.2 Å². The summed E-state index contributed by atoms with van der Waals surface area (Å²) in [6.07, 6.45) is 0.329. The molecule has 0 aromatic heterocycles. The lowest BCUT2D eigenvalue weighted by Crippen LogP contribution is -2.31. The maximum atomic E-state index is 14.2. The topological polar surface area (TPSA) is 26.7 Å². The first-order chi connectivity index (χ1) is 10.0. The van der Waals surface area contributed by atoms with Gasteiger partial charge in [-0.05, 0) is 46.0 Å². The van der Waals surface area contributed by atoms with E-state index in [1.807, 2.05) is 11.8 Å². The van der Waals surface area contributed by atoms with E-state index in [9.17, 15) is 9.50 Å². The Morgan fingerprint density at radius 2 is 1.76 bits per heavy atom. The highest BCUT2D eigenvalue weighted by molar-refractivity contribution is 5.55. The molecule has 1 rings (SSSR count). The number of rotatable bonds is 9. The van der Waals surface area contributed by atoms with Crippen molar-refractivity contribution in [2.24, 2.45) is 0 Å². The number of hydrogen-bond donors (Lipinski definition) is 1. The summed E-state index contributed by atoms with van der Waals surface area (Å²) in [5.74, 6) is -0.252. The van der Waals surface area contributed by atoms with E-state index < -0.39 is 6.10 Å². The van der Waals surface area contributed by atoms with Crippen molar-refractivity contribution >= 4 is 5.69 Å². The van der Waals surface area contributed by atoms with Crippen LogP contribution in [0.5, 0.6) is 0 Å². The molecule has 4 heteroatoms. The summed E-state index contributed by atoms with van der Waals surface area (Å²) in [6, 6.07) is 4.93. The van der Waals surface area contributed by atoms with Gasteiger partial charge in [-0.2, -0.15) is 0 Å². The van der Waals surface area contributed by atoms with E-state index in [0.717, 1.165) is 39.1 Å². The smallest absolute Gasteiger partial charge is 0.146 e. The summed E-state index contributed by atoms with van der Waals surface area (Å²) < 4.78 is 14.2. The molecule has 0 bridgehead atoms. The Labute approximate surface area is 128 Å². The van der Waals surface area contributed by atoms with Gasteiger partial charge in [-0.1, -0.05) is 26.0 Å². The van der Waals surface area contributed by atoms with Crippen LogP contribution < -0.4 is 4.90 Å². The SMILES string of the molecule is CCN(CC)CCCN(CC)c1c(F)cccc1[C@@H](C)O. The predicted molar refractivity (Wildman–Crippen MR) is 87.3 cm³/mol. The van der Waals surface area contributed by atoms with Crippen LogP contribution in [0.2, 0.25) is 0 Å². The van der Waals surface area contributed by atoms with E-state index in [0.29, 0.717) is 11.3 Å². The van der Waals surface area contributed by atoms with Crippen molar-refractivity contribution in [1.82, 2.24) is 4.90 Å². The quantitative estimate of drug-likeness (QED) is 0.756. The summed E-state index contributed by atoms with van der Waals surface area (Å²) in [5.41, 5.74) is 1.22. The first-order valence-electron chi connectivity index (χ1n) is 7.98. The average molecular weight is 296 g/mol. The van der Waals surface area contributed by atoms with Crippen LogP contribution >= 0.6 is 0 Å². The van der Waals surface area contributed by atoms with Crippen molar-refractivity contribution < 1.29 is 9.50 Å². The van der Waals surface area contributed by atoms with Crippen molar-refractivity contribution in [2.45, 2.75) is 40.2 Å². The van der Waals surface area contributed by atoms with Gasteiger partial charge < -0.3 is 14.9 Å². The minimum absolute atomic E-state index is 0.252. The Kier molecular flexibility index (Phi) is 7.68. The second-order valence-corrected chi connectivity index (χ2v) is 5.31. The lowest BCUT2D eigenvalue weighted by Gasteiger charge is -2.28. The van der Waals surface area contributed by atoms with Crippen molar-refractivity contribution in [2.75, 3.05) is 37.6 Å². The van der Waals surface area contributed by atoms with Gasteiger partial charge in [0, 0.05) is 18.7 Å². The third-order valence-corrected chi connectivity index (χ3v) is 3.96. The molecule has 1 aromatic carbocycles. The summed E-state index contributed by atoms with van der Waals surface area (Å²) in [7, 11) is 0. The number of nitrogens with zero attached hydrogens (tertiary/aromatic N) is 2. The number of aliphatic hydroxyl groups excluding tert-OH is 1. The number of anilines is 1. The van der Waals surface area contributed by atoms with E-state index in [2.05, 4.69) is 18.7 Å². The maximum absolute atomic E-state index is 14.2. The molecule has 0 radical (unpaired) electrons. The molecule has 0 heterocycles. The Bertz CT molecular complexity index is 419. The van der Waals surface area contributed by atoms with Gasteiger partial charge in [0.25, 0.3) is 0 Å². The van der Waals surface area contributed by atoms with E-state index in [-0.39, 0.29) is 5.82 Å². The molecule has 1 atom stereocenters. The fourth-order valence-electron chi connectivity index (χ4n) is 2.66. The van der Waals surface area contributed by atoms with Gasteiger partial charge in [-0.25, -0.2) is 4.39 Å². The second-order valence-electron chi connectivity index (χ2n) is 5.31. The van der Waals surface area contributed by atoms with Crippen LogP contribution in [0.25, 0.3) is 0 Å². The highest BCUT2D eigenvalue weighted by Crippen LogP contribution is 2.29. The van der Waals surface area contributed by atoms with E-state index in [1.54, 1.807) is 19.1 Å². The normalized spacial score (nSPS) is 12.7. The zero-order valence-electron chi connectivity index (χ0n) is 13.8. The van der Waals surface area contributed by atoms with Gasteiger partial charge in [-0.15, -0.1) is 0 Å². The van der Waals surface area contributed by atoms with Crippen LogP contribution in [0, 0.1) is 5.82 Å². The third kappa shape index (κ3) is 4.97. The van der Waals surface area contributed by atoms with Gasteiger partial charge in [-0.3, -0.25) is 0 Å². The van der Waals surface area contributed by atoms with Gasteiger partial charge in [0.2, 0.25) is 0 Å². The van der Waals surface area contributed by atoms with E-state index in [4.69, 9.17) is 0 Å². The van der Waals surface area contributed by atoms with Crippen LogP contribution in [-0.2, 0) is 0 Å². The fourth-order valence-corrected chi connectivity index (χ4v) is 2.66. The molecule has 0 amide bonds. The minimum atomic E-state index is -0.660. The molecule has 0 aliphatic carbocycles. The number of halogens is 1. The van der Waals surface area contributed by atoms with E-state index >= 15 is 0 Å². The van der Waals surface area contributed by atoms with Crippen LogP contribution in [0.3, 0.4) is 0 Å². The Morgan fingerprint density at radius 3 is 2.29 bits per heavy atom. The molecule has 0 aliphatic rings. The Morgan fingerprint density at radius 1 is 1.10 bits per heavy atom. The Hall–Kier alpha value is -1.13. The molecular weight excluding hydrogens is 267 g/mol. The summed E-state index contributed by atoms with van der Waals surface area (Å²) in [6.45, 7) is 12.7. The van der Waals surface area contributed by atoms with Crippen molar-refractivity contribution in [3.63, 3.8) is 0 Å². The van der Waals surface area contributed by atoms with Crippen LogP contribution in [-0.4, -0.2) is 42.7 Å². The molecule has 0 spiro atoms. The highest BCUT2D eigenvalue weighted by Gasteiger charge is 2.17. The van der Waals surface area contributed by atoms with Gasteiger partial charge in [0.15, 0.2) is 0 Å². The zero-order chi connectivity index (χ0) is 15.8. The maximum Gasteiger partial charge on any atom is 0.146 e. The monoisotopic (exact) mass is 296 g/mol. The summed E-state index contributed by atoms with van der Waals surface area (Å²) in [5, 5.41) is 9.86. The molecule has 0 aliphatic heterocycles. The molecule has 0 fully saturated rings. The summed E-state index contributed by atoms with van der Waals surface area (Å²) in [4.78, 5) is 4.39. The molecular formula is C17H29FN2O. The number of aliphatic hydroxyl groups is 1. The molecule has 3 nitrogen and oxygen atoms in total.